The Labute approximate surface area is 176 Å². The molecule has 2 rings (SSSR count). The molecule has 1 aliphatic carbocycles. The highest BCUT2D eigenvalue weighted by molar-refractivity contribution is 5.79. The zero-order valence-electron chi connectivity index (χ0n) is 19.4. The molecule has 0 amide bonds. The van der Waals surface area contributed by atoms with E-state index in [-0.39, 0.29) is 16.8 Å². The van der Waals surface area contributed by atoms with Crippen LogP contribution in [0, 0.1) is 18.8 Å². The summed E-state index contributed by atoms with van der Waals surface area (Å²) in [7, 11) is 0. The molecule has 0 saturated heterocycles. The number of esters is 1. The maximum absolute atomic E-state index is 12.2. The predicted molar refractivity (Wildman–Crippen MR) is 117 cm³/mol. The molecule has 1 aromatic rings. The number of Topliss-reactive ketones (excluding diaryl/α,β-unsaturated/α-hetero) is 1. The van der Waals surface area contributed by atoms with Crippen LogP contribution in [0.3, 0.4) is 0 Å². The molecule has 4 heteroatoms. The number of ether oxygens (including phenoxy) is 1. The highest BCUT2D eigenvalue weighted by atomic mass is 16.5. The van der Waals surface area contributed by atoms with E-state index in [1.807, 2.05) is 0 Å². The number of hydrogen-bond acceptors (Lipinski definition) is 4. The van der Waals surface area contributed by atoms with Crippen molar-refractivity contribution in [1.82, 2.24) is 4.98 Å². The number of aromatic nitrogens is 1. The van der Waals surface area contributed by atoms with Crippen LogP contribution < -0.4 is 0 Å². The van der Waals surface area contributed by atoms with Crippen molar-refractivity contribution >= 4 is 11.8 Å². The smallest absolute Gasteiger partial charge is 0.306 e. The summed E-state index contributed by atoms with van der Waals surface area (Å²) in [6.07, 6.45) is 4.13. The summed E-state index contributed by atoms with van der Waals surface area (Å²) < 4.78 is 5.53. The van der Waals surface area contributed by atoms with E-state index in [2.05, 4.69) is 60.6 Å². The number of aryl methyl sites for hydroxylation is 1. The van der Waals surface area contributed by atoms with E-state index in [1.54, 1.807) is 0 Å². The van der Waals surface area contributed by atoms with Crippen LogP contribution in [0.25, 0.3) is 0 Å². The molecule has 1 aromatic heterocycles. The number of hydrogen-bond donors (Lipinski definition) is 0. The van der Waals surface area contributed by atoms with Crippen LogP contribution in [0.1, 0.15) is 97.0 Å². The van der Waals surface area contributed by atoms with Crippen molar-refractivity contribution in [2.75, 3.05) is 6.61 Å². The van der Waals surface area contributed by atoms with Crippen molar-refractivity contribution in [2.24, 2.45) is 11.8 Å². The van der Waals surface area contributed by atoms with E-state index in [0.717, 1.165) is 30.7 Å². The average Bonchev–Trinajstić information content (AvgIpc) is 2.62. The lowest BCUT2D eigenvalue weighted by molar-refractivity contribution is -0.146. The quantitative estimate of drug-likeness (QED) is 0.551. The molecule has 0 spiro atoms. The third-order valence-corrected chi connectivity index (χ3v) is 6.56. The van der Waals surface area contributed by atoms with Gasteiger partial charge < -0.3 is 4.74 Å². The summed E-state index contributed by atoms with van der Waals surface area (Å²) >= 11 is 0. The number of ketones is 1. The monoisotopic (exact) mass is 401 g/mol. The van der Waals surface area contributed by atoms with Crippen LogP contribution >= 0.6 is 0 Å². The lowest BCUT2D eigenvalue weighted by Crippen LogP contribution is -2.30. The standard InChI is InChI=1S/C25H39NO3/c1-17-14-21(24(3,4)5)26-22(15-17)25(6,7)18(2)12-13-29-23(28)16-19-8-10-20(27)11-9-19/h14-15,18-19H,8-13,16H2,1-7H3. The van der Waals surface area contributed by atoms with Gasteiger partial charge in [-0.3, -0.25) is 14.6 Å². The van der Waals surface area contributed by atoms with E-state index in [4.69, 9.17) is 9.72 Å². The van der Waals surface area contributed by atoms with Crippen molar-refractivity contribution < 1.29 is 14.3 Å². The molecule has 1 unspecified atom stereocenters. The average molecular weight is 402 g/mol. The van der Waals surface area contributed by atoms with Crippen LogP contribution in [0.15, 0.2) is 12.1 Å². The van der Waals surface area contributed by atoms with Crippen LogP contribution in [0.4, 0.5) is 0 Å². The van der Waals surface area contributed by atoms with Gasteiger partial charge in [0.1, 0.15) is 5.78 Å². The topological polar surface area (TPSA) is 56.3 Å². The number of carbonyl (C=O) groups excluding carboxylic acids is 2. The van der Waals surface area contributed by atoms with Gasteiger partial charge in [0, 0.05) is 41.5 Å². The molecule has 0 N–H and O–H groups in total. The Bertz CT molecular complexity index is 720. The normalized spacial score (nSPS) is 17.3. The number of rotatable bonds is 7. The van der Waals surface area contributed by atoms with Gasteiger partial charge >= 0.3 is 5.97 Å². The molecule has 1 heterocycles. The molecule has 162 valence electrons. The van der Waals surface area contributed by atoms with Gasteiger partial charge in [0.15, 0.2) is 0 Å². The van der Waals surface area contributed by atoms with E-state index in [0.29, 0.717) is 43.5 Å². The third kappa shape index (κ3) is 6.65. The van der Waals surface area contributed by atoms with Gasteiger partial charge in [-0.25, -0.2) is 0 Å². The largest absolute Gasteiger partial charge is 0.466 e. The van der Waals surface area contributed by atoms with Gasteiger partial charge in [0.05, 0.1) is 6.61 Å². The minimum Gasteiger partial charge on any atom is -0.466 e. The summed E-state index contributed by atoms with van der Waals surface area (Å²) in [5.41, 5.74) is 3.36. The molecule has 1 aliphatic rings. The zero-order chi connectivity index (χ0) is 21.8. The van der Waals surface area contributed by atoms with Crippen LogP contribution in [0.5, 0.6) is 0 Å². The Kier molecular flexibility index (Phi) is 7.64. The summed E-state index contributed by atoms with van der Waals surface area (Å²) in [5, 5.41) is 0. The van der Waals surface area contributed by atoms with E-state index in [9.17, 15) is 9.59 Å². The van der Waals surface area contributed by atoms with Crippen LogP contribution in [-0.4, -0.2) is 23.3 Å². The number of nitrogens with zero attached hydrogens (tertiary/aromatic N) is 1. The van der Waals surface area contributed by atoms with Crippen molar-refractivity contribution in [2.45, 2.75) is 97.8 Å². The van der Waals surface area contributed by atoms with E-state index < -0.39 is 0 Å². The number of pyridine rings is 1. The first-order valence-electron chi connectivity index (χ1n) is 11.1. The second kappa shape index (κ2) is 9.40. The second-order valence-electron chi connectivity index (χ2n) is 10.5. The molecule has 1 atom stereocenters. The lowest BCUT2D eigenvalue weighted by Gasteiger charge is -2.33. The summed E-state index contributed by atoms with van der Waals surface area (Å²) in [6, 6.07) is 4.35. The third-order valence-electron chi connectivity index (χ3n) is 6.56. The molecule has 0 bridgehead atoms. The Morgan fingerprint density at radius 2 is 1.72 bits per heavy atom. The Morgan fingerprint density at radius 1 is 1.14 bits per heavy atom. The van der Waals surface area contributed by atoms with Gasteiger partial charge in [-0.2, -0.15) is 0 Å². The summed E-state index contributed by atoms with van der Waals surface area (Å²) in [4.78, 5) is 28.5. The molecular weight excluding hydrogens is 362 g/mol. The van der Waals surface area contributed by atoms with Crippen molar-refractivity contribution in [3.63, 3.8) is 0 Å². The van der Waals surface area contributed by atoms with Crippen molar-refractivity contribution in [3.05, 3.63) is 29.1 Å². The van der Waals surface area contributed by atoms with Gasteiger partial charge in [-0.1, -0.05) is 41.5 Å². The molecular formula is C25H39NO3. The summed E-state index contributed by atoms with van der Waals surface area (Å²) in [6.45, 7) is 15.8. The SMILES string of the molecule is Cc1cc(C(C)(C)C)nc(C(C)(C)C(C)CCOC(=O)CC2CCC(=O)CC2)c1. The maximum Gasteiger partial charge on any atom is 0.306 e. The first-order chi connectivity index (χ1) is 13.4. The van der Waals surface area contributed by atoms with E-state index in [1.165, 1.54) is 5.56 Å². The first-order valence-corrected chi connectivity index (χ1v) is 11.1. The fraction of sp³-hybridized carbons (Fsp3) is 0.720. The van der Waals surface area contributed by atoms with Crippen LogP contribution in [-0.2, 0) is 25.2 Å². The fourth-order valence-corrected chi connectivity index (χ4v) is 3.84. The second-order valence-corrected chi connectivity index (χ2v) is 10.5. The Morgan fingerprint density at radius 3 is 2.31 bits per heavy atom. The Hall–Kier alpha value is -1.71. The molecule has 29 heavy (non-hydrogen) atoms. The van der Waals surface area contributed by atoms with Gasteiger partial charge in [-0.15, -0.1) is 0 Å². The van der Waals surface area contributed by atoms with Crippen molar-refractivity contribution in [3.8, 4) is 0 Å². The van der Waals surface area contributed by atoms with Gasteiger partial charge in [0.2, 0.25) is 0 Å². The maximum atomic E-state index is 12.2. The molecule has 1 saturated carbocycles. The highest BCUT2D eigenvalue weighted by Crippen LogP contribution is 2.34. The minimum atomic E-state index is -0.127. The minimum absolute atomic E-state index is 0.0132. The fourth-order valence-electron chi connectivity index (χ4n) is 3.84. The van der Waals surface area contributed by atoms with Crippen molar-refractivity contribution in [1.29, 1.82) is 0 Å². The molecule has 0 aromatic carbocycles. The Balaban J connectivity index is 1.90. The van der Waals surface area contributed by atoms with Gasteiger partial charge in [0.25, 0.3) is 0 Å². The number of carbonyl (C=O) groups is 2. The van der Waals surface area contributed by atoms with Gasteiger partial charge in [-0.05, 0) is 55.7 Å². The lowest BCUT2D eigenvalue weighted by atomic mass is 9.74. The first kappa shape index (κ1) is 23.6. The van der Waals surface area contributed by atoms with E-state index >= 15 is 0 Å². The molecule has 4 nitrogen and oxygen atoms in total. The highest BCUT2D eigenvalue weighted by Gasteiger charge is 2.31. The van der Waals surface area contributed by atoms with Crippen LogP contribution in [0.2, 0.25) is 0 Å². The molecule has 1 fully saturated rings. The predicted octanol–water partition coefficient (Wildman–Crippen LogP) is 5.68. The molecule has 0 radical (unpaired) electrons. The molecule has 0 aliphatic heterocycles. The zero-order valence-corrected chi connectivity index (χ0v) is 19.4. The summed E-state index contributed by atoms with van der Waals surface area (Å²) in [5.74, 6) is 0.828.